The predicted octanol–water partition coefficient (Wildman–Crippen LogP) is 7.01. The molecule has 0 bridgehead atoms. The van der Waals surface area contributed by atoms with Gasteiger partial charge in [-0.3, -0.25) is 0 Å². The van der Waals surface area contributed by atoms with Crippen molar-refractivity contribution in [2.75, 3.05) is 7.11 Å². The van der Waals surface area contributed by atoms with Gasteiger partial charge in [-0.05, 0) is 42.0 Å². The minimum Gasteiger partial charge on any atom is -0.496 e. The Balaban J connectivity index is 1.65. The molecule has 0 spiro atoms. The third-order valence-corrected chi connectivity index (χ3v) is 6.42. The van der Waals surface area contributed by atoms with Crippen LogP contribution in [0.25, 0.3) is 0 Å². The number of hydrogen-bond donors (Lipinski definition) is 0. The average molecular weight is 504 g/mol. The van der Waals surface area contributed by atoms with Crippen LogP contribution in [0, 0.1) is 0 Å². The number of benzene rings is 3. The fraction of sp³-hybridized carbons (Fsp3) is 0.174. The molecule has 2 aliphatic heterocycles. The molecular weight excluding hydrogens is 487 g/mol. The van der Waals surface area contributed by atoms with Gasteiger partial charge in [0.15, 0.2) is 0 Å². The van der Waals surface area contributed by atoms with E-state index in [2.05, 4.69) is 28.1 Å². The van der Waals surface area contributed by atoms with Crippen LogP contribution in [0.4, 0.5) is 0 Å². The molecule has 0 radical (unpaired) electrons. The Bertz CT molecular complexity index is 1150. The molecule has 2 aliphatic rings. The second kappa shape index (κ2) is 7.80. The zero-order chi connectivity index (χ0) is 20.8. The molecule has 3 aromatic carbocycles. The van der Waals surface area contributed by atoms with Crippen LogP contribution in [0.2, 0.25) is 10.0 Å². The van der Waals surface area contributed by atoms with Gasteiger partial charge in [0.2, 0.25) is 6.23 Å². The lowest BCUT2D eigenvalue weighted by Crippen LogP contribution is -2.34. The van der Waals surface area contributed by atoms with E-state index in [0.717, 1.165) is 39.0 Å². The van der Waals surface area contributed by atoms with Crippen LogP contribution < -0.4 is 9.47 Å². The first kappa shape index (κ1) is 19.7. The third kappa shape index (κ3) is 3.35. The van der Waals surface area contributed by atoms with E-state index < -0.39 is 6.23 Å². The number of hydrazone groups is 1. The Morgan fingerprint density at radius 3 is 2.60 bits per heavy atom. The van der Waals surface area contributed by atoms with E-state index in [0.29, 0.717) is 15.8 Å². The number of ether oxygens (including phenoxy) is 2. The van der Waals surface area contributed by atoms with Crippen LogP contribution in [0.5, 0.6) is 11.5 Å². The Morgan fingerprint density at radius 2 is 1.83 bits per heavy atom. The van der Waals surface area contributed by atoms with Gasteiger partial charge < -0.3 is 9.47 Å². The van der Waals surface area contributed by atoms with E-state index in [1.54, 1.807) is 13.2 Å². The van der Waals surface area contributed by atoms with Gasteiger partial charge in [0.25, 0.3) is 0 Å². The van der Waals surface area contributed by atoms with Crippen LogP contribution in [0.1, 0.15) is 35.4 Å². The van der Waals surface area contributed by atoms with Crippen LogP contribution in [0.3, 0.4) is 0 Å². The number of fused-ring (bicyclic) bond motifs is 3. The Labute approximate surface area is 193 Å². The molecule has 4 nitrogen and oxygen atoms in total. The molecule has 0 saturated heterocycles. The van der Waals surface area contributed by atoms with Crippen molar-refractivity contribution in [3.05, 3.63) is 91.9 Å². The van der Waals surface area contributed by atoms with Crippen molar-refractivity contribution in [1.82, 2.24) is 5.01 Å². The molecule has 0 aromatic heterocycles. The van der Waals surface area contributed by atoms with E-state index in [1.165, 1.54) is 0 Å². The van der Waals surface area contributed by atoms with Crippen LogP contribution in [0.15, 0.2) is 70.2 Å². The summed E-state index contributed by atoms with van der Waals surface area (Å²) >= 11 is 16.4. The first-order valence-electron chi connectivity index (χ1n) is 9.45. The van der Waals surface area contributed by atoms with E-state index in [4.69, 9.17) is 37.8 Å². The zero-order valence-electron chi connectivity index (χ0n) is 16.0. The molecule has 2 heterocycles. The number of nitrogens with zero attached hydrogens (tertiary/aromatic N) is 2. The molecular formula is C23H17BrCl2N2O2. The Hall–Kier alpha value is -2.21. The van der Waals surface area contributed by atoms with Crippen molar-refractivity contribution in [3.8, 4) is 11.5 Å². The summed E-state index contributed by atoms with van der Waals surface area (Å²) in [6, 6.07) is 19.5. The number of rotatable bonds is 3. The smallest absolute Gasteiger partial charge is 0.217 e. The molecule has 7 heteroatoms. The number of hydrogen-bond acceptors (Lipinski definition) is 4. The quantitative estimate of drug-likeness (QED) is 0.385. The lowest BCUT2D eigenvalue weighted by Gasteiger charge is -2.39. The summed E-state index contributed by atoms with van der Waals surface area (Å²) in [4.78, 5) is 0. The molecule has 0 fully saturated rings. The highest BCUT2D eigenvalue weighted by Gasteiger charge is 2.42. The van der Waals surface area contributed by atoms with E-state index in [-0.39, 0.29) is 6.04 Å². The van der Waals surface area contributed by atoms with Crippen molar-refractivity contribution in [1.29, 1.82) is 0 Å². The van der Waals surface area contributed by atoms with E-state index >= 15 is 0 Å². The zero-order valence-corrected chi connectivity index (χ0v) is 19.1. The van der Waals surface area contributed by atoms with E-state index in [9.17, 15) is 0 Å². The highest BCUT2D eigenvalue weighted by atomic mass is 79.9. The minimum absolute atomic E-state index is 0.0430. The standard InChI is InChI=1S/C23H17BrCl2N2O2/c1-29-21-5-3-2-4-16(21)23-28-20(17-10-15(25)11-18(26)22(17)30-23)12-19(27-28)13-6-8-14(24)9-7-13/h2-11,20,23H,12H2,1H3/t20-,23+/m0/s1. The Morgan fingerprint density at radius 1 is 1.07 bits per heavy atom. The minimum atomic E-state index is -0.467. The van der Waals surface area contributed by atoms with Gasteiger partial charge in [-0.1, -0.05) is 63.4 Å². The number of methoxy groups -OCH3 is 1. The highest BCUT2D eigenvalue weighted by Crippen LogP contribution is 2.51. The predicted molar refractivity (Wildman–Crippen MR) is 123 cm³/mol. The average Bonchev–Trinajstić information content (AvgIpc) is 3.19. The van der Waals surface area contributed by atoms with Gasteiger partial charge >= 0.3 is 0 Å². The molecule has 5 rings (SSSR count). The molecule has 0 unspecified atom stereocenters. The maximum absolute atomic E-state index is 6.53. The molecule has 3 aromatic rings. The maximum atomic E-state index is 6.53. The summed E-state index contributed by atoms with van der Waals surface area (Å²) in [5.74, 6) is 1.38. The summed E-state index contributed by atoms with van der Waals surface area (Å²) < 4.78 is 13.0. The molecule has 0 N–H and O–H groups in total. The fourth-order valence-corrected chi connectivity index (χ4v) is 4.82. The fourth-order valence-electron chi connectivity index (χ4n) is 4.01. The van der Waals surface area contributed by atoms with Gasteiger partial charge in [-0.2, -0.15) is 5.10 Å². The van der Waals surface area contributed by atoms with Gasteiger partial charge in [-0.25, -0.2) is 5.01 Å². The van der Waals surface area contributed by atoms with E-state index in [1.807, 2.05) is 47.5 Å². The van der Waals surface area contributed by atoms with Crippen molar-refractivity contribution < 1.29 is 9.47 Å². The highest BCUT2D eigenvalue weighted by molar-refractivity contribution is 9.10. The van der Waals surface area contributed by atoms with Crippen molar-refractivity contribution >= 4 is 44.8 Å². The molecule has 30 heavy (non-hydrogen) atoms. The second-order valence-corrected chi connectivity index (χ2v) is 8.93. The topological polar surface area (TPSA) is 34.1 Å². The van der Waals surface area contributed by atoms with Crippen LogP contribution in [-0.2, 0) is 0 Å². The first-order chi connectivity index (χ1) is 14.5. The van der Waals surface area contributed by atoms with Crippen LogP contribution >= 0.6 is 39.1 Å². The lowest BCUT2D eigenvalue weighted by molar-refractivity contribution is -0.0202. The van der Waals surface area contributed by atoms with Gasteiger partial charge in [0.05, 0.1) is 29.4 Å². The molecule has 0 saturated carbocycles. The van der Waals surface area contributed by atoms with Gasteiger partial charge in [0.1, 0.15) is 11.5 Å². The third-order valence-electron chi connectivity index (χ3n) is 5.39. The summed E-state index contributed by atoms with van der Waals surface area (Å²) in [5, 5.41) is 8.03. The lowest BCUT2D eigenvalue weighted by atomic mass is 9.95. The number of halogens is 3. The molecule has 0 aliphatic carbocycles. The van der Waals surface area contributed by atoms with Gasteiger partial charge in [-0.15, -0.1) is 0 Å². The summed E-state index contributed by atoms with van der Waals surface area (Å²) in [7, 11) is 1.65. The Kier molecular flexibility index (Phi) is 5.13. The summed E-state index contributed by atoms with van der Waals surface area (Å²) in [6.07, 6.45) is 0.255. The number of para-hydroxylation sites is 1. The monoisotopic (exact) mass is 502 g/mol. The maximum Gasteiger partial charge on any atom is 0.217 e. The summed E-state index contributed by atoms with van der Waals surface area (Å²) in [6.45, 7) is 0. The largest absolute Gasteiger partial charge is 0.496 e. The van der Waals surface area contributed by atoms with Crippen LogP contribution in [-0.4, -0.2) is 17.8 Å². The summed E-state index contributed by atoms with van der Waals surface area (Å²) in [5.41, 5.74) is 3.89. The molecule has 152 valence electrons. The van der Waals surface area contributed by atoms with Gasteiger partial charge in [0, 0.05) is 21.5 Å². The van der Waals surface area contributed by atoms with Crippen molar-refractivity contribution in [2.24, 2.45) is 5.10 Å². The SMILES string of the molecule is COc1ccccc1[C@H]1Oc2c(Cl)cc(Cl)cc2[C@@H]2CC(c3ccc(Br)cc3)=NN12. The van der Waals surface area contributed by atoms with Crippen molar-refractivity contribution in [2.45, 2.75) is 18.7 Å². The van der Waals surface area contributed by atoms with Crippen molar-refractivity contribution in [3.63, 3.8) is 0 Å². The second-order valence-electron chi connectivity index (χ2n) is 7.17. The molecule has 0 amide bonds. The molecule has 2 atom stereocenters. The normalized spacial score (nSPS) is 19.6. The first-order valence-corrected chi connectivity index (χ1v) is 11.0.